The van der Waals surface area contributed by atoms with Gasteiger partial charge < -0.3 is 14.7 Å². The summed E-state index contributed by atoms with van der Waals surface area (Å²) in [6, 6.07) is 15.0. The van der Waals surface area contributed by atoms with E-state index >= 15 is 0 Å². The summed E-state index contributed by atoms with van der Waals surface area (Å²) in [4.78, 5) is 28.7. The number of carbonyl (C=O) groups excluding carboxylic acids is 2. The number of hydrogen-bond acceptors (Lipinski definition) is 4. The summed E-state index contributed by atoms with van der Waals surface area (Å²) >= 11 is 0. The van der Waals surface area contributed by atoms with Crippen molar-refractivity contribution < 1.29 is 19.4 Å². The molecular weight excluding hydrogens is 380 g/mol. The number of carbonyl (C=O) groups is 2. The van der Waals surface area contributed by atoms with Crippen molar-refractivity contribution in [2.45, 2.75) is 31.5 Å². The molecule has 6 nitrogen and oxygen atoms in total. The standard InChI is InChI=1S/C24H26N2O4/c1-3-12-25-22-10-9-19(26(16-28)18-7-5-4-6-8-18)15-21(22)24(23(25)29)17(2)14-20(30-24)11-13-27/h3-10,15-17,20,27H,1,11-14H2,2H3/t17-,20+,24+/m1/s1. The minimum atomic E-state index is -1.11. The predicted molar refractivity (Wildman–Crippen MR) is 116 cm³/mol. The molecule has 0 aromatic heterocycles. The molecule has 2 heterocycles. The molecule has 2 amide bonds. The van der Waals surface area contributed by atoms with E-state index in [1.165, 1.54) is 0 Å². The van der Waals surface area contributed by atoms with E-state index in [0.29, 0.717) is 25.1 Å². The molecule has 1 spiro atoms. The van der Waals surface area contributed by atoms with Gasteiger partial charge in [0, 0.05) is 36.0 Å². The van der Waals surface area contributed by atoms with Gasteiger partial charge in [0.25, 0.3) is 5.91 Å². The van der Waals surface area contributed by atoms with E-state index < -0.39 is 5.60 Å². The average Bonchev–Trinajstić information content (AvgIpc) is 3.20. The molecule has 1 fully saturated rings. The molecule has 0 saturated carbocycles. The van der Waals surface area contributed by atoms with Crippen molar-refractivity contribution in [2.75, 3.05) is 23.0 Å². The van der Waals surface area contributed by atoms with Crippen LogP contribution in [0.3, 0.4) is 0 Å². The van der Waals surface area contributed by atoms with Gasteiger partial charge in [0.1, 0.15) is 0 Å². The lowest BCUT2D eigenvalue weighted by atomic mass is 9.82. The van der Waals surface area contributed by atoms with Crippen molar-refractivity contribution in [3.8, 4) is 0 Å². The summed E-state index contributed by atoms with van der Waals surface area (Å²) in [5.41, 5.74) is 1.84. The van der Waals surface area contributed by atoms with Crippen LogP contribution in [0, 0.1) is 5.92 Å². The third-order valence-corrected chi connectivity index (χ3v) is 6.08. The largest absolute Gasteiger partial charge is 0.396 e. The zero-order valence-electron chi connectivity index (χ0n) is 17.0. The molecule has 1 N–H and O–H groups in total. The van der Waals surface area contributed by atoms with Crippen molar-refractivity contribution in [3.63, 3.8) is 0 Å². The Labute approximate surface area is 176 Å². The number of hydrogen-bond donors (Lipinski definition) is 1. The van der Waals surface area contributed by atoms with Gasteiger partial charge in [-0.25, -0.2) is 0 Å². The second-order valence-corrected chi connectivity index (χ2v) is 7.84. The number of anilines is 3. The highest BCUT2D eigenvalue weighted by atomic mass is 16.5. The van der Waals surface area contributed by atoms with Gasteiger partial charge >= 0.3 is 0 Å². The Hall–Kier alpha value is -2.96. The fourth-order valence-corrected chi connectivity index (χ4v) is 4.70. The molecule has 0 radical (unpaired) electrons. The Balaban J connectivity index is 1.83. The van der Waals surface area contributed by atoms with Crippen LogP contribution in [0.4, 0.5) is 17.1 Å². The van der Waals surface area contributed by atoms with E-state index in [1.807, 2.05) is 55.5 Å². The van der Waals surface area contributed by atoms with Crippen molar-refractivity contribution >= 4 is 29.4 Å². The minimum absolute atomic E-state index is 0.0118. The Morgan fingerprint density at radius 1 is 1.27 bits per heavy atom. The van der Waals surface area contributed by atoms with Crippen molar-refractivity contribution in [3.05, 3.63) is 66.7 Å². The topological polar surface area (TPSA) is 70.1 Å². The lowest BCUT2D eigenvalue weighted by Gasteiger charge is -2.28. The summed E-state index contributed by atoms with van der Waals surface area (Å²) < 4.78 is 6.36. The van der Waals surface area contributed by atoms with Gasteiger partial charge in [0.15, 0.2) is 5.60 Å². The number of amides is 2. The first kappa shape index (κ1) is 20.3. The maximum atomic E-state index is 13.6. The molecule has 0 aliphatic carbocycles. The van der Waals surface area contributed by atoms with Crippen molar-refractivity contribution in [2.24, 2.45) is 5.92 Å². The zero-order valence-corrected chi connectivity index (χ0v) is 17.0. The van der Waals surface area contributed by atoms with Gasteiger partial charge in [0.2, 0.25) is 6.41 Å². The van der Waals surface area contributed by atoms with Crippen molar-refractivity contribution in [1.82, 2.24) is 0 Å². The SMILES string of the molecule is C=CCN1C(=O)[C@@]2(O[C@@H](CCO)C[C@H]2C)c2cc(N(C=O)c3ccccc3)ccc21. The summed E-state index contributed by atoms with van der Waals surface area (Å²) in [6.45, 7) is 6.19. The smallest absolute Gasteiger partial charge is 0.264 e. The molecule has 4 rings (SSSR count). The predicted octanol–water partition coefficient (Wildman–Crippen LogP) is 3.52. The number of aliphatic hydroxyl groups is 1. The molecular formula is C24H26N2O4. The number of nitrogens with zero attached hydrogens (tertiary/aromatic N) is 2. The number of para-hydroxylation sites is 1. The number of rotatable bonds is 7. The molecule has 3 atom stereocenters. The van der Waals surface area contributed by atoms with Gasteiger partial charge in [-0.15, -0.1) is 6.58 Å². The number of benzene rings is 2. The fourth-order valence-electron chi connectivity index (χ4n) is 4.70. The molecule has 2 aromatic carbocycles. The van der Waals surface area contributed by atoms with Gasteiger partial charge in [0.05, 0.1) is 11.8 Å². The van der Waals surface area contributed by atoms with Crippen molar-refractivity contribution in [1.29, 1.82) is 0 Å². The summed E-state index contributed by atoms with van der Waals surface area (Å²) in [7, 11) is 0. The first-order valence-corrected chi connectivity index (χ1v) is 10.2. The number of aliphatic hydroxyl groups excluding tert-OH is 1. The maximum Gasteiger partial charge on any atom is 0.264 e. The lowest BCUT2D eigenvalue weighted by molar-refractivity contribution is -0.146. The Kier molecular flexibility index (Phi) is 5.45. The normalized spacial score (nSPS) is 24.9. The Morgan fingerprint density at radius 2 is 2.03 bits per heavy atom. The quantitative estimate of drug-likeness (QED) is 0.564. The Morgan fingerprint density at radius 3 is 2.70 bits per heavy atom. The molecule has 2 aliphatic heterocycles. The van der Waals surface area contributed by atoms with Gasteiger partial charge in [-0.2, -0.15) is 0 Å². The van der Waals surface area contributed by atoms with Crippen LogP contribution >= 0.6 is 0 Å². The van der Waals surface area contributed by atoms with E-state index in [9.17, 15) is 14.7 Å². The van der Waals surface area contributed by atoms with Crippen LogP contribution in [0.1, 0.15) is 25.3 Å². The average molecular weight is 406 g/mol. The summed E-state index contributed by atoms with van der Waals surface area (Å²) in [5, 5.41) is 9.38. The zero-order chi connectivity index (χ0) is 21.3. The number of ether oxygens (including phenoxy) is 1. The second kappa shape index (κ2) is 8.05. The van der Waals surface area contributed by atoms with Crippen LogP contribution in [0.5, 0.6) is 0 Å². The van der Waals surface area contributed by atoms with E-state index in [-0.39, 0.29) is 24.5 Å². The van der Waals surface area contributed by atoms with Gasteiger partial charge in [-0.1, -0.05) is 31.2 Å². The van der Waals surface area contributed by atoms with Crippen LogP contribution < -0.4 is 9.80 Å². The van der Waals surface area contributed by atoms with Crippen LogP contribution in [-0.4, -0.2) is 36.7 Å². The minimum Gasteiger partial charge on any atom is -0.396 e. The lowest BCUT2D eigenvalue weighted by Crippen LogP contribution is -2.44. The van der Waals surface area contributed by atoms with E-state index in [4.69, 9.17) is 4.74 Å². The monoisotopic (exact) mass is 406 g/mol. The fraction of sp³-hybridized carbons (Fsp3) is 0.333. The van der Waals surface area contributed by atoms with Crippen LogP contribution in [0.15, 0.2) is 61.2 Å². The van der Waals surface area contributed by atoms with Crippen LogP contribution in [0.25, 0.3) is 0 Å². The molecule has 0 bridgehead atoms. The first-order valence-electron chi connectivity index (χ1n) is 10.2. The molecule has 0 unspecified atom stereocenters. The molecule has 30 heavy (non-hydrogen) atoms. The van der Waals surface area contributed by atoms with E-state index in [0.717, 1.165) is 23.3 Å². The van der Waals surface area contributed by atoms with E-state index in [1.54, 1.807) is 15.9 Å². The van der Waals surface area contributed by atoms with Gasteiger partial charge in [-0.05, 0) is 43.2 Å². The highest BCUT2D eigenvalue weighted by Crippen LogP contribution is 2.54. The molecule has 2 aromatic rings. The molecule has 1 saturated heterocycles. The van der Waals surface area contributed by atoms with E-state index in [2.05, 4.69) is 6.58 Å². The number of fused-ring (bicyclic) bond motifs is 2. The summed E-state index contributed by atoms with van der Waals surface area (Å²) in [6.07, 6.45) is 3.45. The Bertz CT molecular complexity index is 961. The van der Waals surface area contributed by atoms with Crippen LogP contribution in [0.2, 0.25) is 0 Å². The molecule has 2 aliphatic rings. The third kappa shape index (κ3) is 3.04. The third-order valence-electron chi connectivity index (χ3n) is 6.08. The second-order valence-electron chi connectivity index (χ2n) is 7.84. The van der Waals surface area contributed by atoms with Crippen LogP contribution in [-0.2, 0) is 19.9 Å². The highest BCUT2D eigenvalue weighted by Gasteiger charge is 2.59. The highest BCUT2D eigenvalue weighted by molar-refractivity contribution is 6.08. The maximum absolute atomic E-state index is 13.6. The first-order chi connectivity index (χ1) is 14.6. The van der Waals surface area contributed by atoms with Gasteiger partial charge in [-0.3, -0.25) is 14.5 Å². The molecule has 156 valence electrons. The molecule has 6 heteroatoms. The summed E-state index contributed by atoms with van der Waals surface area (Å²) in [5.74, 6) is -0.174.